The van der Waals surface area contributed by atoms with Gasteiger partial charge in [-0.2, -0.15) is 5.10 Å². The molecule has 1 aliphatic rings. The summed E-state index contributed by atoms with van der Waals surface area (Å²) in [6, 6.07) is 20.4. The summed E-state index contributed by atoms with van der Waals surface area (Å²) in [4.78, 5) is 2.06. The molecule has 1 heterocycles. The van der Waals surface area contributed by atoms with Gasteiger partial charge in [0.25, 0.3) is 0 Å². The first kappa shape index (κ1) is 14.3. The fourth-order valence-corrected chi connectivity index (χ4v) is 3.13. The molecule has 0 saturated carbocycles. The van der Waals surface area contributed by atoms with Gasteiger partial charge in [0.15, 0.2) is 5.84 Å². The third-order valence-electron chi connectivity index (χ3n) is 4.27. The number of nitrogens with one attached hydrogen (secondary N) is 1. The molecule has 0 fully saturated rings. The predicted molar refractivity (Wildman–Crippen MR) is 101 cm³/mol. The maximum atomic E-state index is 5.89. The van der Waals surface area contributed by atoms with E-state index >= 15 is 0 Å². The number of hydrazone groups is 1. The molecule has 0 radical (unpaired) electrons. The molecule has 0 aromatic heterocycles. The Bertz CT molecular complexity index is 983. The zero-order valence-electron chi connectivity index (χ0n) is 13.5. The second-order valence-corrected chi connectivity index (χ2v) is 5.90. The molecular formula is C20H18N4. The molecule has 3 aromatic rings. The number of hydrogen-bond donors (Lipinski definition) is 2. The molecule has 4 nitrogen and oxygen atoms in total. The van der Waals surface area contributed by atoms with E-state index in [0.29, 0.717) is 0 Å². The summed E-state index contributed by atoms with van der Waals surface area (Å²) >= 11 is 0. The van der Waals surface area contributed by atoms with Crippen LogP contribution in [0, 0.1) is 6.92 Å². The number of hydrogen-bond acceptors (Lipinski definition) is 4. The first-order chi connectivity index (χ1) is 11.6. The molecule has 24 heavy (non-hydrogen) atoms. The lowest BCUT2D eigenvalue weighted by molar-refractivity contribution is 0.927. The van der Waals surface area contributed by atoms with E-state index in [1.54, 1.807) is 0 Å². The Morgan fingerprint density at radius 1 is 1.04 bits per heavy atom. The lowest BCUT2D eigenvalue weighted by Gasteiger charge is -2.23. The van der Waals surface area contributed by atoms with E-state index < -0.39 is 0 Å². The van der Waals surface area contributed by atoms with Crippen LogP contribution in [0.4, 0.5) is 11.4 Å². The Morgan fingerprint density at radius 3 is 2.67 bits per heavy atom. The Labute approximate surface area is 140 Å². The van der Waals surface area contributed by atoms with E-state index in [2.05, 4.69) is 52.3 Å². The number of aryl methyl sites for hydroxylation is 1. The molecule has 3 N–H and O–H groups in total. The standard InChI is InChI=1S/C20H18N4/c1-13-12-16(21)10-11-17(13)20-23-22-14(2)24(20)19-9-5-7-15-6-3-4-8-18(15)19/h3-12,22H,2,21H2,1H3. The van der Waals surface area contributed by atoms with E-state index in [1.165, 1.54) is 5.39 Å². The maximum absolute atomic E-state index is 5.89. The summed E-state index contributed by atoms with van der Waals surface area (Å²) in [6.45, 7) is 6.16. The van der Waals surface area contributed by atoms with Crippen molar-refractivity contribution in [2.75, 3.05) is 10.6 Å². The molecule has 0 bridgehead atoms. The summed E-state index contributed by atoms with van der Waals surface area (Å²) in [5.74, 6) is 1.56. The number of nitrogens with two attached hydrogens (primary N) is 1. The van der Waals surface area contributed by atoms with Crippen LogP contribution in [0.25, 0.3) is 10.8 Å². The van der Waals surface area contributed by atoms with Gasteiger partial charge in [-0.1, -0.05) is 43.0 Å². The van der Waals surface area contributed by atoms with Gasteiger partial charge in [-0.3, -0.25) is 10.3 Å². The molecule has 0 spiro atoms. The van der Waals surface area contributed by atoms with Crippen molar-refractivity contribution in [1.82, 2.24) is 5.43 Å². The summed E-state index contributed by atoms with van der Waals surface area (Å²) in [5.41, 5.74) is 12.8. The van der Waals surface area contributed by atoms with Crippen molar-refractivity contribution in [2.24, 2.45) is 5.10 Å². The third-order valence-corrected chi connectivity index (χ3v) is 4.27. The minimum Gasteiger partial charge on any atom is -0.399 e. The van der Waals surface area contributed by atoms with Gasteiger partial charge in [0.1, 0.15) is 5.82 Å². The Morgan fingerprint density at radius 2 is 1.83 bits per heavy atom. The van der Waals surface area contributed by atoms with Gasteiger partial charge in [0, 0.05) is 16.6 Å². The second kappa shape index (κ2) is 5.42. The van der Waals surface area contributed by atoms with Crippen molar-refractivity contribution in [1.29, 1.82) is 0 Å². The Kier molecular flexibility index (Phi) is 3.24. The normalized spacial score (nSPS) is 14.0. The molecule has 0 aliphatic carbocycles. The summed E-state index contributed by atoms with van der Waals surface area (Å²) < 4.78 is 0. The van der Waals surface area contributed by atoms with E-state index in [9.17, 15) is 0 Å². The lowest BCUT2D eigenvalue weighted by Crippen LogP contribution is -2.28. The highest BCUT2D eigenvalue weighted by atomic mass is 15.5. The van der Waals surface area contributed by atoms with Crippen LogP contribution in [0.2, 0.25) is 0 Å². The maximum Gasteiger partial charge on any atom is 0.166 e. The smallest absolute Gasteiger partial charge is 0.166 e. The number of nitrogen functional groups attached to an aromatic ring is 1. The Balaban J connectivity index is 1.89. The second-order valence-electron chi connectivity index (χ2n) is 5.90. The van der Waals surface area contributed by atoms with E-state index in [-0.39, 0.29) is 0 Å². The van der Waals surface area contributed by atoms with Crippen LogP contribution in [0.5, 0.6) is 0 Å². The minimum atomic E-state index is 0.734. The molecule has 0 amide bonds. The Hall–Kier alpha value is -3.27. The summed E-state index contributed by atoms with van der Waals surface area (Å²) in [6.07, 6.45) is 0. The molecule has 1 aliphatic heterocycles. The molecule has 3 aromatic carbocycles. The first-order valence-electron chi connectivity index (χ1n) is 7.82. The zero-order valence-corrected chi connectivity index (χ0v) is 13.5. The molecule has 4 rings (SSSR count). The van der Waals surface area contributed by atoms with Crippen LogP contribution in [0.3, 0.4) is 0 Å². The number of anilines is 2. The van der Waals surface area contributed by atoms with Gasteiger partial charge in [0.05, 0.1) is 5.69 Å². The van der Waals surface area contributed by atoms with Crippen molar-refractivity contribution >= 4 is 28.0 Å². The molecule has 4 heteroatoms. The fraction of sp³-hybridized carbons (Fsp3) is 0.0500. The lowest BCUT2D eigenvalue weighted by atomic mass is 10.0. The molecule has 0 unspecified atom stereocenters. The zero-order chi connectivity index (χ0) is 16.7. The molecule has 0 saturated heterocycles. The monoisotopic (exact) mass is 314 g/mol. The number of benzene rings is 3. The molecule has 118 valence electrons. The van der Waals surface area contributed by atoms with Gasteiger partial charge in [-0.05, 0) is 42.1 Å². The third kappa shape index (κ3) is 2.20. The van der Waals surface area contributed by atoms with Crippen molar-refractivity contribution in [2.45, 2.75) is 6.92 Å². The highest BCUT2D eigenvalue weighted by Gasteiger charge is 2.26. The van der Waals surface area contributed by atoms with E-state index in [4.69, 9.17) is 5.73 Å². The van der Waals surface area contributed by atoms with Gasteiger partial charge in [-0.15, -0.1) is 0 Å². The number of rotatable bonds is 2. The van der Waals surface area contributed by atoms with E-state index in [1.807, 2.05) is 37.3 Å². The van der Waals surface area contributed by atoms with Crippen molar-refractivity contribution < 1.29 is 0 Å². The quantitative estimate of drug-likeness (QED) is 0.704. The van der Waals surface area contributed by atoms with Gasteiger partial charge >= 0.3 is 0 Å². The van der Waals surface area contributed by atoms with Gasteiger partial charge in [0.2, 0.25) is 0 Å². The summed E-state index contributed by atoms with van der Waals surface area (Å²) in [7, 11) is 0. The van der Waals surface area contributed by atoms with Crippen LogP contribution in [-0.4, -0.2) is 5.84 Å². The topological polar surface area (TPSA) is 53.6 Å². The van der Waals surface area contributed by atoms with Crippen molar-refractivity contribution in [3.63, 3.8) is 0 Å². The van der Waals surface area contributed by atoms with Crippen molar-refractivity contribution in [3.05, 3.63) is 84.2 Å². The van der Waals surface area contributed by atoms with Crippen LogP contribution < -0.4 is 16.1 Å². The molecule has 0 atom stereocenters. The van der Waals surface area contributed by atoms with Crippen LogP contribution in [0.1, 0.15) is 11.1 Å². The minimum absolute atomic E-state index is 0.734. The molecular weight excluding hydrogens is 296 g/mol. The number of amidine groups is 1. The number of nitrogens with zero attached hydrogens (tertiary/aromatic N) is 2. The van der Waals surface area contributed by atoms with Crippen LogP contribution in [0.15, 0.2) is 78.2 Å². The SMILES string of the molecule is C=C1NN=C(c2ccc(N)cc2C)N1c1cccc2ccccc12. The average Bonchev–Trinajstić information content (AvgIpc) is 2.95. The van der Waals surface area contributed by atoms with Crippen LogP contribution in [-0.2, 0) is 0 Å². The predicted octanol–water partition coefficient (Wildman–Crippen LogP) is 3.97. The first-order valence-corrected chi connectivity index (χ1v) is 7.82. The highest BCUT2D eigenvalue weighted by molar-refractivity contribution is 6.17. The highest BCUT2D eigenvalue weighted by Crippen LogP contribution is 2.32. The largest absolute Gasteiger partial charge is 0.399 e. The summed E-state index contributed by atoms with van der Waals surface area (Å²) in [5, 5.41) is 6.84. The van der Waals surface area contributed by atoms with Gasteiger partial charge in [-0.25, -0.2) is 0 Å². The number of fused-ring (bicyclic) bond motifs is 1. The average molecular weight is 314 g/mol. The van der Waals surface area contributed by atoms with E-state index in [0.717, 1.165) is 39.5 Å². The van der Waals surface area contributed by atoms with Gasteiger partial charge < -0.3 is 5.73 Å². The fourth-order valence-electron chi connectivity index (χ4n) is 3.13. The van der Waals surface area contributed by atoms with Crippen LogP contribution >= 0.6 is 0 Å². The van der Waals surface area contributed by atoms with Crippen molar-refractivity contribution in [3.8, 4) is 0 Å².